The number of hydrazine groups is 1. The largest absolute Gasteiger partial charge is 0.489 e. The number of nitrogens with one attached hydrogen (secondary N) is 1. The van der Waals surface area contributed by atoms with E-state index >= 15 is 0 Å². The van der Waals surface area contributed by atoms with Gasteiger partial charge in [0.05, 0.1) is 4.91 Å². The van der Waals surface area contributed by atoms with E-state index in [-0.39, 0.29) is 10.9 Å². The number of nitrogens with zero attached hydrogens (tertiary/aromatic N) is 1. The van der Waals surface area contributed by atoms with Crippen molar-refractivity contribution in [2.45, 2.75) is 6.61 Å². The number of thioether (sulfide) groups is 1. The molecule has 3 aromatic rings. The van der Waals surface area contributed by atoms with E-state index in [1.807, 2.05) is 18.2 Å². The Bertz CT molecular complexity index is 1380. The lowest BCUT2D eigenvalue weighted by atomic mass is 10.2. The number of hydrogen-bond donors (Lipinski definition) is 2. The van der Waals surface area contributed by atoms with Crippen LogP contribution in [0.5, 0.6) is 11.5 Å². The normalized spacial score (nSPS) is 14.1. The minimum absolute atomic E-state index is 0.186. The van der Waals surface area contributed by atoms with Crippen LogP contribution in [0, 0.1) is 0 Å². The van der Waals surface area contributed by atoms with Gasteiger partial charge < -0.3 is 14.6 Å². The van der Waals surface area contributed by atoms with E-state index in [2.05, 4.69) is 5.43 Å². The van der Waals surface area contributed by atoms with Gasteiger partial charge in [0.2, 0.25) is 0 Å². The molecule has 0 spiro atoms. The zero-order valence-corrected chi connectivity index (χ0v) is 21.4. The predicted molar refractivity (Wildman–Crippen MR) is 144 cm³/mol. The van der Waals surface area contributed by atoms with Crippen LogP contribution in [-0.2, 0) is 16.2 Å². The number of halogens is 1. The highest BCUT2D eigenvalue weighted by Gasteiger charge is 2.33. The molecule has 188 valence electrons. The second-order valence-electron chi connectivity index (χ2n) is 7.61. The van der Waals surface area contributed by atoms with E-state index in [0.29, 0.717) is 32.6 Å². The minimum atomic E-state index is -1.08. The van der Waals surface area contributed by atoms with Crippen LogP contribution < -0.4 is 14.9 Å². The fourth-order valence-electron chi connectivity index (χ4n) is 3.17. The van der Waals surface area contributed by atoms with Crippen molar-refractivity contribution in [2.75, 3.05) is 6.61 Å². The SMILES string of the molecule is O=C(O)COc1ccc(/C=C2/SC(=S)N(NC(=O)c3ccc(OCc4ccccc4Cl)cc3)C2=O)cc1. The summed E-state index contributed by atoms with van der Waals surface area (Å²) in [7, 11) is 0. The molecule has 0 unspecified atom stereocenters. The van der Waals surface area contributed by atoms with Crippen LogP contribution in [0.1, 0.15) is 21.5 Å². The molecule has 3 aromatic carbocycles. The maximum Gasteiger partial charge on any atom is 0.341 e. The molecule has 1 fully saturated rings. The Morgan fingerprint density at radius 2 is 1.65 bits per heavy atom. The van der Waals surface area contributed by atoms with Crippen LogP contribution in [0.4, 0.5) is 0 Å². The fourth-order valence-corrected chi connectivity index (χ4v) is 4.54. The van der Waals surface area contributed by atoms with Gasteiger partial charge in [-0.15, -0.1) is 0 Å². The van der Waals surface area contributed by atoms with Crippen molar-refractivity contribution in [3.8, 4) is 11.5 Å². The van der Waals surface area contributed by atoms with Crippen molar-refractivity contribution in [3.05, 3.63) is 99.4 Å². The Balaban J connectivity index is 1.35. The van der Waals surface area contributed by atoms with Crippen LogP contribution in [0.25, 0.3) is 6.08 Å². The summed E-state index contributed by atoms with van der Waals surface area (Å²) in [5, 5.41) is 10.3. The van der Waals surface area contributed by atoms with Crippen molar-refractivity contribution in [3.63, 3.8) is 0 Å². The van der Waals surface area contributed by atoms with E-state index < -0.39 is 24.4 Å². The maximum absolute atomic E-state index is 12.8. The van der Waals surface area contributed by atoms with Crippen molar-refractivity contribution in [1.82, 2.24) is 10.4 Å². The molecule has 0 atom stereocenters. The Kier molecular flexibility index (Phi) is 8.44. The van der Waals surface area contributed by atoms with Crippen LogP contribution >= 0.6 is 35.6 Å². The molecule has 0 aliphatic carbocycles. The molecule has 0 saturated carbocycles. The van der Waals surface area contributed by atoms with E-state index in [1.54, 1.807) is 60.7 Å². The van der Waals surface area contributed by atoms with Crippen molar-refractivity contribution in [1.29, 1.82) is 0 Å². The third-order valence-corrected chi connectivity index (χ3v) is 6.69. The van der Waals surface area contributed by atoms with Gasteiger partial charge in [0.15, 0.2) is 10.9 Å². The number of carbonyl (C=O) groups excluding carboxylic acids is 2. The average Bonchev–Trinajstić information content (AvgIpc) is 3.15. The van der Waals surface area contributed by atoms with Crippen LogP contribution in [-0.4, -0.2) is 38.8 Å². The Morgan fingerprint density at radius 3 is 2.32 bits per heavy atom. The lowest BCUT2D eigenvalue weighted by Gasteiger charge is -2.16. The number of benzene rings is 3. The van der Waals surface area contributed by atoms with Gasteiger partial charge in [-0.2, -0.15) is 5.01 Å². The first-order valence-electron chi connectivity index (χ1n) is 10.8. The third kappa shape index (κ3) is 6.88. The highest BCUT2D eigenvalue weighted by molar-refractivity contribution is 8.26. The number of hydrogen-bond acceptors (Lipinski definition) is 7. The third-order valence-electron chi connectivity index (χ3n) is 5.02. The standard InChI is InChI=1S/C26H19ClN2O6S2/c27-21-4-2-1-3-18(21)14-34-20-11-7-17(8-12-20)24(32)28-29-25(33)22(37-26(29)36)13-16-5-9-19(10-6-16)35-15-23(30)31/h1-13H,14-15H2,(H,28,32)(H,30,31)/b22-13+. The van der Waals surface area contributed by atoms with Gasteiger partial charge in [-0.05, 0) is 66.3 Å². The summed E-state index contributed by atoms with van der Waals surface area (Å²) in [5.74, 6) is -1.10. The minimum Gasteiger partial charge on any atom is -0.489 e. The van der Waals surface area contributed by atoms with Crippen LogP contribution in [0.2, 0.25) is 5.02 Å². The number of ether oxygens (including phenoxy) is 2. The summed E-state index contributed by atoms with van der Waals surface area (Å²) >= 11 is 12.5. The number of aliphatic carboxylic acids is 1. The summed E-state index contributed by atoms with van der Waals surface area (Å²) in [5.41, 5.74) is 4.38. The first kappa shape index (κ1) is 26.2. The highest BCUT2D eigenvalue weighted by Crippen LogP contribution is 2.32. The zero-order chi connectivity index (χ0) is 26.4. The van der Waals surface area contributed by atoms with Gasteiger partial charge in [0.25, 0.3) is 11.8 Å². The second-order valence-corrected chi connectivity index (χ2v) is 9.70. The molecular weight excluding hydrogens is 536 g/mol. The van der Waals surface area contributed by atoms with E-state index in [4.69, 9.17) is 38.4 Å². The smallest absolute Gasteiger partial charge is 0.341 e. The lowest BCUT2D eigenvalue weighted by Crippen LogP contribution is -2.44. The van der Waals surface area contributed by atoms with E-state index in [0.717, 1.165) is 22.3 Å². The molecule has 1 aliphatic rings. The number of carboxylic acid groups (broad SMARTS) is 1. The molecule has 2 N–H and O–H groups in total. The molecule has 2 amide bonds. The first-order chi connectivity index (χ1) is 17.8. The number of rotatable bonds is 9. The predicted octanol–water partition coefficient (Wildman–Crippen LogP) is 4.93. The molecule has 1 saturated heterocycles. The maximum atomic E-state index is 12.8. The van der Waals surface area contributed by atoms with E-state index in [9.17, 15) is 14.4 Å². The Hall–Kier alpha value is -3.86. The van der Waals surface area contributed by atoms with Crippen LogP contribution in [0.15, 0.2) is 77.7 Å². The van der Waals surface area contributed by atoms with E-state index in [1.165, 1.54) is 0 Å². The molecule has 0 bridgehead atoms. The van der Waals surface area contributed by atoms with Crippen molar-refractivity contribution in [2.24, 2.45) is 0 Å². The number of carbonyl (C=O) groups is 3. The van der Waals surface area contributed by atoms with Gasteiger partial charge in [-0.25, -0.2) is 4.79 Å². The molecule has 0 aromatic heterocycles. The molecule has 0 radical (unpaired) electrons. The lowest BCUT2D eigenvalue weighted by molar-refractivity contribution is -0.139. The van der Waals surface area contributed by atoms with Gasteiger partial charge in [0.1, 0.15) is 18.1 Å². The van der Waals surface area contributed by atoms with Gasteiger partial charge in [-0.1, -0.05) is 53.7 Å². The topological polar surface area (TPSA) is 105 Å². The molecule has 8 nitrogen and oxygen atoms in total. The molecule has 1 aliphatic heterocycles. The summed E-state index contributed by atoms with van der Waals surface area (Å²) < 4.78 is 11.0. The summed E-state index contributed by atoms with van der Waals surface area (Å²) in [6.07, 6.45) is 1.62. The van der Waals surface area contributed by atoms with Gasteiger partial charge in [0, 0.05) is 16.1 Å². The highest BCUT2D eigenvalue weighted by atomic mass is 35.5. The Labute approximate surface area is 226 Å². The van der Waals surface area contributed by atoms with Crippen molar-refractivity contribution < 1.29 is 29.0 Å². The summed E-state index contributed by atoms with van der Waals surface area (Å²) in [6, 6.07) is 20.4. The molecule has 1 heterocycles. The zero-order valence-electron chi connectivity index (χ0n) is 19.0. The first-order valence-corrected chi connectivity index (χ1v) is 12.4. The monoisotopic (exact) mass is 554 g/mol. The average molecular weight is 555 g/mol. The number of carboxylic acids is 1. The fraction of sp³-hybridized carbons (Fsp3) is 0.0769. The Morgan fingerprint density at radius 1 is 1.00 bits per heavy atom. The summed E-state index contributed by atoms with van der Waals surface area (Å²) in [4.78, 5) is 36.5. The number of thiocarbonyl (C=S) groups is 1. The summed E-state index contributed by atoms with van der Waals surface area (Å²) in [6.45, 7) is -0.164. The van der Waals surface area contributed by atoms with Crippen LogP contribution in [0.3, 0.4) is 0 Å². The van der Waals surface area contributed by atoms with Gasteiger partial charge >= 0.3 is 5.97 Å². The van der Waals surface area contributed by atoms with Gasteiger partial charge in [-0.3, -0.25) is 15.0 Å². The number of amides is 2. The molecule has 4 rings (SSSR count). The van der Waals surface area contributed by atoms with Crippen molar-refractivity contribution >= 4 is 63.8 Å². The quantitative estimate of drug-likeness (QED) is 0.283. The molecular formula is C26H19ClN2O6S2. The molecule has 37 heavy (non-hydrogen) atoms. The second kappa shape index (κ2) is 11.9. The molecule has 11 heteroatoms.